The van der Waals surface area contributed by atoms with Gasteiger partial charge in [0, 0.05) is 24.8 Å². The number of pyridine rings is 1. The highest BCUT2D eigenvalue weighted by Gasteiger charge is 2.38. The second-order valence-electron chi connectivity index (χ2n) is 7.06. The highest BCUT2D eigenvalue weighted by atomic mass is 19.4. The van der Waals surface area contributed by atoms with E-state index in [1.807, 2.05) is 0 Å². The fourth-order valence-corrected chi connectivity index (χ4v) is 3.56. The van der Waals surface area contributed by atoms with Crippen molar-refractivity contribution in [1.82, 2.24) is 9.88 Å². The molecule has 1 saturated heterocycles. The standard InChI is InChI=1S/C20H18F3N3O2/c1-12(19(28)25-6-3-7-25)26-17-9-14(11-24-16(17)10-18(26)27)13-4-2-5-15(8-13)20(21,22)23/h2,4-5,8-9,11-12H,3,6-7,10H2,1H3. The summed E-state index contributed by atoms with van der Waals surface area (Å²) in [6.07, 6.45) is -1.95. The van der Waals surface area contributed by atoms with Crippen LogP contribution >= 0.6 is 0 Å². The van der Waals surface area contributed by atoms with E-state index >= 15 is 0 Å². The highest BCUT2D eigenvalue weighted by Crippen LogP contribution is 2.36. The maximum absolute atomic E-state index is 13.0. The molecule has 146 valence electrons. The Morgan fingerprint density at radius 1 is 1.18 bits per heavy atom. The molecule has 1 aromatic carbocycles. The van der Waals surface area contributed by atoms with E-state index in [0.29, 0.717) is 35.6 Å². The number of carbonyl (C=O) groups is 2. The van der Waals surface area contributed by atoms with Gasteiger partial charge in [-0.05, 0) is 37.1 Å². The van der Waals surface area contributed by atoms with Crippen LogP contribution in [0.4, 0.5) is 18.9 Å². The van der Waals surface area contributed by atoms with Crippen LogP contribution in [0.3, 0.4) is 0 Å². The van der Waals surface area contributed by atoms with Crippen LogP contribution in [0.5, 0.6) is 0 Å². The molecule has 2 aromatic rings. The topological polar surface area (TPSA) is 53.5 Å². The van der Waals surface area contributed by atoms with Gasteiger partial charge in [-0.3, -0.25) is 19.5 Å². The molecule has 0 radical (unpaired) electrons. The molecule has 0 bridgehead atoms. The predicted molar refractivity (Wildman–Crippen MR) is 96.5 cm³/mol. The number of rotatable bonds is 3. The maximum Gasteiger partial charge on any atom is 0.416 e. The first-order chi connectivity index (χ1) is 13.3. The average Bonchev–Trinajstić information content (AvgIpc) is 2.93. The van der Waals surface area contributed by atoms with Crippen LogP contribution in [0.15, 0.2) is 36.5 Å². The fraction of sp³-hybridized carbons (Fsp3) is 0.350. The number of amides is 2. The summed E-state index contributed by atoms with van der Waals surface area (Å²) >= 11 is 0. The monoisotopic (exact) mass is 389 g/mol. The molecule has 5 nitrogen and oxygen atoms in total. The molecule has 0 N–H and O–H groups in total. The molecule has 0 spiro atoms. The number of likely N-dealkylation sites (tertiary alicyclic amines) is 1. The highest BCUT2D eigenvalue weighted by molar-refractivity contribution is 6.06. The summed E-state index contributed by atoms with van der Waals surface area (Å²) in [6.45, 7) is 3.03. The Labute approximate surface area is 159 Å². The number of alkyl halides is 3. The Balaban J connectivity index is 1.69. The average molecular weight is 389 g/mol. The van der Waals surface area contributed by atoms with Crippen molar-refractivity contribution in [2.75, 3.05) is 18.0 Å². The summed E-state index contributed by atoms with van der Waals surface area (Å²) in [5.41, 5.74) is 1.09. The number of benzene rings is 1. The Hall–Kier alpha value is -2.90. The molecular formula is C20H18F3N3O2. The molecule has 1 unspecified atom stereocenters. The SMILES string of the molecule is CC(C(=O)N1CCC1)N1C(=O)Cc2ncc(-c3cccc(C(F)(F)F)c3)cc21. The summed E-state index contributed by atoms with van der Waals surface area (Å²) in [6, 6.07) is 5.93. The lowest BCUT2D eigenvalue weighted by atomic mass is 10.0. The van der Waals surface area contributed by atoms with Crippen molar-refractivity contribution < 1.29 is 22.8 Å². The molecule has 2 aliphatic rings. The van der Waals surface area contributed by atoms with Gasteiger partial charge in [0.1, 0.15) is 6.04 Å². The van der Waals surface area contributed by atoms with E-state index in [9.17, 15) is 22.8 Å². The number of hydrogen-bond acceptors (Lipinski definition) is 3. The van der Waals surface area contributed by atoms with Gasteiger partial charge >= 0.3 is 6.18 Å². The van der Waals surface area contributed by atoms with Crippen molar-refractivity contribution in [3.8, 4) is 11.1 Å². The van der Waals surface area contributed by atoms with Crippen molar-refractivity contribution in [3.63, 3.8) is 0 Å². The number of nitrogens with zero attached hydrogens (tertiary/aromatic N) is 3. The summed E-state index contributed by atoms with van der Waals surface area (Å²) in [4.78, 5) is 32.5. The van der Waals surface area contributed by atoms with E-state index in [1.165, 1.54) is 17.2 Å². The number of halogens is 3. The summed E-state index contributed by atoms with van der Waals surface area (Å²) in [5.74, 6) is -0.359. The van der Waals surface area contributed by atoms with E-state index < -0.39 is 17.8 Å². The molecule has 8 heteroatoms. The minimum atomic E-state index is -4.44. The lowest BCUT2D eigenvalue weighted by molar-refractivity contribution is -0.137. The molecule has 1 fully saturated rings. The summed E-state index contributed by atoms with van der Waals surface area (Å²) < 4.78 is 39.0. The smallest absolute Gasteiger partial charge is 0.341 e. The fourth-order valence-electron chi connectivity index (χ4n) is 3.56. The minimum absolute atomic E-state index is 0.0792. The van der Waals surface area contributed by atoms with E-state index in [-0.39, 0.29) is 18.2 Å². The molecule has 3 heterocycles. The van der Waals surface area contributed by atoms with E-state index in [1.54, 1.807) is 24.0 Å². The lowest BCUT2D eigenvalue weighted by Gasteiger charge is -2.36. The van der Waals surface area contributed by atoms with Crippen molar-refractivity contribution in [3.05, 3.63) is 47.8 Å². The molecule has 4 rings (SSSR count). The number of hydrogen-bond donors (Lipinski definition) is 0. The molecule has 1 atom stereocenters. The molecule has 1 aromatic heterocycles. The van der Waals surface area contributed by atoms with Crippen LogP contribution in [0.25, 0.3) is 11.1 Å². The molecule has 2 amide bonds. The molecule has 0 saturated carbocycles. The third kappa shape index (κ3) is 3.12. The van der Waals surface area contributed by atoms with Crippen LogP contribution in [-0.2, 0) is 22.2 Å². The van der Waals surface area contributed by atoms with Gasteiger partial charge in [-0.2, -0.15) is 13.2 Å². The van der Waals surface area contributed by atoms with Crippen molar-refractivity contribution in [2.45, 2.75) is 32.0 Å². The van der Waals surface area contributed by atoms with Gasteiger partial charge in [0.2, 0.25) is 11.8 Å². The van der Waals surface area contributed by atoms with Crippen LogP contribution in [-0.4, -0.2) is 40.8 Å². The van der Waals surface area contributed by atoms with Gasteiger partial charge in [-0.25, -0.2) is 0 Å². The zero-order chi connectivity index (χ0) is 20.1. The van der Waals surface area contributed by atoms with E-state index in [0.717, 1.165) is 18.6 Å². The third-order valence-electron chi connectivity index (χ3n) is 5.23. The summed E-state index contributed by atoms with van der Waals surface area (Å²) in [5, 5.41) is 0. The second kappa shape index (κ2) is 6.61. The maximum atomic E-state index is 13.0. The largest absolute Gasteiger partial charge is 0.416 e. The predicted octanol–water partition coefficient (Wildman–Crippen LogP) is 3.28. The molecule has 2 aliphatic heterocycles. The van der Waals surface area contributed by atoms with E-state index in [2.05, 4.69) is 4.98 Å². The normalized spacial score (nSPS) is 17.4. The van der Waals surface area contributed by atoms with Crippen LogP contribution in [0.2, 0.25) is 0 Å². The second-order valence-corrected chi connectivity index (χ2v) is 7.06. The van der Waals surface area contributed by atoms with Gasteiger partial charge in [-0.15, -0.1) is 0 Å². The minimum Gasteiger partial charge on any atom is -0.341 e. The third-order valence-corrected chi connectivity index (χ3v) is 5.23. The molecule has 28 heavy (non-hydrogen) atoms. The first kappa shape index (κ1) is 18.5. The number of anilines is 1. The number of carbonyl (C=O) groups excluding carboxylic acids is 2. The van der Waals surface area contributed by atoms with Gasteiger partial charge in [0.25, 0.3) is 0 Å². The van der Waals surface area contributed by atoms with Gasteiger partial charge in [0.05, 0.1) is 23.4 Å². The first-order valence-electron chi connectivity index (χ1n) is 9.03. The first-order valence-corrected chi connectivity index (χ1v) is 9.03. The number of fused-ring (bicyclic) bond motifs is 1. The van der Waals surface area contributed by atoms with Crippen LogP contribution < -0.4 is 4.90 Å². The van der Waals surface area contributed by atoms with Crippen molar-refractivity contribution in [1.29, 1.82) is 0 Å². The number of aromatic nitrogens is 1. The Morgan fingerprint density at radius 3 is 2.57 bits per heavy atom. The zero-order valence-corrected chi connectivity index (χ0v) is 15.2. The van der Waals surface area contributed by atoms with Crippen LogP contribution in [0.1, 0.15) is 24.6 Å². The quantitative estimate of drug-likeness (QED) is 0.810. The van der Waals surface area contributed by atoms with Gasteiger partial charge in [0.15, 0.2) is 0 Å². The van der Waals surface area contributed by atoms with Gasteiger partial charge in [-0.1, -0.05) is 12.1 Å². The van der Waals surface area contributed by atoms with E-state index in [4.69, 9.17) is 0 Å². The Kier molecular flexibility index (Phi) is 4.36. The zero-order valence-electron chi connectivity index (χ0n) is 15.2. The Morgan fingerprint density at radius 2 is 1.93 bits per heavy atom. The van der Waals surface area contributed by atoms with Crippen LogP contribution in [0, 0.1) is 0 Å². The van der Waals surface area contributed by atoms with Gasteiger partial charge < -0.3 is 4.90 Å². The van der Waals surface area contributed by atoms with Crippen molar-refractivity contribution >= 4 is 17.5 Å². The molecule has 0 aliphatic carbocycles. The molecular weight excluding hydrogens is 371 g/mol. The van der Waals surface area contributed by atoms with Crippen molar-refractivity contribution in [2.24, 2.45) is 0 Å². The summed E-state index contributed by atoms with van der Waals surface area (Å²) in [7, 11) is 0. The Bertz CT molecular complexity index is 954. The lowest BCUT2D eigenvalue weighted by Crippen LogP contribution is -2.52.